The number of hydrogen-bond donors (Lipinski definition) is 1. The Morgan fingerprint density at radius 2 is 1.81 bits per heavy atom. The van der Waals surface area contributed by atoms with Gasteiger partial charge in [0.15, 0.2) is 5.82 Å². The van der Waals surface area contributed by atoms with Crippen molar-refractivity contribution in [1.29, 1.82) is 5.26 Å². The number of anilines is 3. The summed E-state index contributed by atoms with van der Waals surface area (Å²) >= 11 is 0. The van der Waals surface area contributed by atoms with Gasteiger partial charge in [0.05, 0.1) is 17.6 Å². The van der Waals surface area contributed by atoms with Crippen LogP contribution in [0.15, 0.2) is 36.7 Å². The Morgan fingerprint density at radius 3 is 2.43 bits per heavy atom. The third kappa shape index (κ3) is 2.72. The van der Waals surface area contributed by atoms with Gasteiger partial charge in [-0.05, 0) is 24.3 Å². The molecule has 1 aliphatic rings. The Balaban J connectivity index is 1.67. The first-order valence-electron chi connectivity index (χ1n) is 6.84. The Bertz CT molecular complexity index is 653. The molecule has 3 heterocycles. The maximum atomic E-state index is 8.77. The van der Waals surface area contributed by atoms with E-state index in [0.29, 0.717) is 11.4 Å². The number of nitrogen functional groups attached to an aromatic ring is 1. The van der Waals surface area contributed by atoms with E-state index in [2.05, 4.69) is 19.8 Å². The van der Waals surface area contributed by atoms with Crippen LogP contribution in [0.3, 0.4) is 0 Å². The SMILES string of the molecule is N#Cc1ccc(N2CCN(c3ncccc3N)CC2)cn1. The van der Waals surface area contributed by atoms with Crippen molar-refractivity contribution in [2.75, 3.05) is 41.7 Å². The van der Waals surface area contributed by atoms with Gasteiger partial charge in [-0.3, -0.25) is 0 Å². The molecule has 0 spiro atoms. The summed E-state index contributed by atoms with van der Waals surface area (Å²) in [6.45, 7) is 3.48. The van der Waals surface area contributed by atoms with Crippen LogP contribution in [0.2, 0.25) is 0 Å². The Hall–Kier alpha value is -2.81. The molecule has 106 valence electrons. The van der Waals surface area contributed by atoms with Gasteiger partial charge in [-0.1, -0.05) is 0 Å². The standard InChI is InChI=1S/C15H16N6/c16-10-12-3-4-13(11-19-12)20-6-8-21(9-7-20)15-14(17)2-1-5-18-15/h1-5,11H,6-9,17H2. The Kier molecular flexibility index (Phi) is 3.56. The molecular formula is C15H16N6. The number of rotatable bonds is 2. The zero-order chi connectivity index (χ0) is 14.7. The molecule has 2 aromatic heterocycles. The highest BCUT2D eigenvalue weighted by atomic mass is 15.3. The number of nitrogens with zero attached hydrogens (tertiary/aromatic N) is 5. The van der Waals surface area contributed by atoms with Crippen molar-refractivity contribution in [2.45, 2.75) is 0 Å². The normalized spacial score (nSPS) is 14.8. The fraction of sp³-hybridized carbons (Fsp3) is 0.267. The van der Waals surface area contributed by atoms with E-state index in [1.165, 1.54) is 0 Å². The smallest absolute Gasteiger partial charge is 0.151 e. The lowest BCUT2D eigenvalue weighted by molar-refractivity contribution is 0.647. The van der Waals surface area contributed by atoms with E-state index < -0.39 is 0 Å². The van der Waals surface area contributed by atoms with Crippen LogP contribution in [0.25, 0.3) is 0 Å². The quantitative estimate of drug-likeness (QED) is 0.891. The number of pyridine rings is 2. The molecule has 2 N–H and O–H groups in total. The van der Waals surface area contributed by atoms with E-state index >= 15 is 0 Å². The van der Waals surface area contributed by atoms with Crippen molar-refractivity contribution >= 4 is 17.2 Å². The van der Waals surface area contributed by atoms with Crippen molar-refractivity contribution in [3.8, 4) is 6.07 Å². The number of nitriles is 1. The first-order chi connectivity index (χ1) is 10.3. The van der Waals surface area contributed by atoms with E-state index in [-0.39, 0.29) is 0 Å². The molecule has 0 saturated carbocycles. The molecule has 1 aliphatic heterocycles. The van der Waals surface area contributed by atoms with Gasteiger partial charge >= 0.3 is 0 Å². The zero-order valence-electron chi connectivity index (χ0n) is 11.6. The summed E-state index contributed by atoms with van der Waals surface area (Å²) in [6, 6.07) is 9.44. The van der Waals surface area contributed by atoms with Gasteiger partial charge in [0.2, 0.25) is 0 Å². The second kappa shape index (κ2) is 5.67. The van der Waals surface area contributed by atoms with Gasteiger partial charge in [-0.15, -0.1) is 0 Å². The molecule has 21 heavy (non-hydrogen) atoms. The second-order valence-corrected chi connectivity index (χ2v) is 4.90. The minimum absolute atomic E-state index is 0.443. The van der Waals surface area contributed by atoms with Crippen LogP contribution < -0.4 is 15.5 Å². The molecule has 0 aliphatic carbocycles. The van der Waals surface area contributed by atoms with Crippen LogP contribution in [0, 0.1) is 11.3 Å². The van der Waals surface area contributed by atoms with E-state index in [1.54, 1.807) is 18.5 Å². The fourth-order valence-corrected chi connectivity index (χ4v) is 2.49. The zero-order valence-corrected chi connectivity index (χ0v) is 11.6. The first kappa shape index (κ1) is 13.2. The van der Waals surface area contributed by atoms with Gasteiger partial charge in [0.25, 0.3) is 0 Å². The Morgan fingerprint density at radius 1 is 1.05 bits per heavy atom. The number of aromatic nitrogens is 2. The summed E-state index contributed by atoms with van der Waals surface area (Å²) in [6.07, 6.45) is 3.52. The van der Waals surface area contributed by atoms with Crippen LogP contribution in [0.4, 0.5) is 17.2 Å². The highest BCUT2D eigenvalue weighted by Crippen LogP contribution is 2.22. The molecular weight excluding hydrogens is 264 g/mol. The molecule has 0 atom stereocenters. The molecule has 2 aromatic rings. The lowest BCUT2D eigenvalue weighted by atomic mass is 10.2. The fourth-order valence-electron chi connectivity index (χ4n) is 2.49. The summed E-state index contributed by atoms with van der Waals surface area (Å²) in [4.78, 5) is 12.9. The van der Waals surface area contributed by atoms with Gasteiger partial charge in [-0.2, -0.15) is 5.26 Å². The van der Waals surface area contributed by atoms with Crippen LogP contribution >= 0.6 is 0 Å². The van der Waals surface area contributed by atoms with Crippen molar-refractivity contribution < 1.29 is 0 Å². The Labute approximate surface area is 123 Å². The monoisotopic (exact) mass is 280 g/mol. The molecule has 1 saturated heterocycles. The lowest BCUT2D eigenvalue weighted by Gasteiger charge is -2.36. The van der Waals surface area contributed by atoms with Gasteiger partial charge in [-0.25, -0.2) is 9.97 Å². The minimum atomic E-state index is 0.443. The molecule has 6 heteroatoms. The summed E-state index contributed by atoms with van der Waals surface area (Å²) < 4.78 is 0. The van der Waals surface area contributed by atoms with E-state index in [1.807, 2.05) is 24.3 Å². The number of piperazine rings is 1. The van der Waals surface area contributed by atoms with Gasteiger partial charge in [0.1, 0.15) is 11.8 Å². The maximum absolute atomic E-state index is 8.77. The van der Waals surface area contributed by atoms with Crippen molar-refractivity contribution in [1.82, 2.24) is 9.97 Å². The van der Waals surface area contributed by atoms with Gasteiger partial charge in [0, 0.05) is 32.4 Å². The van der Waals surface area contributed by atoms with Crippen molar-refractivity contribution in [2.24, 2.45) is 0 Å². The summed E-state index contributed by atoms with van der Waals surface area (Å²) in [5, 5.41) is 8.77. The number of hydrogen-bond acceptors (Lipinski definition) is 6. The predicted molar refractivity (Wildman–Crippen MR) is 82.0 cm³/mol. The van der Waals surface area contributed by atoms with E-state index in [9.17, 15) is 0 Å². The molecule has 0 unspecified atom stereocenters. The first-order valence-corrected chi connectivity index (χ1v) is 6.84. The molecule has 0 aromatic carbocycles. The highest BCUT2D eigenvalue weighted by Gasteiger charge is 2.19. The third-order valence-electron chi connectivity index (χ3n) is 3.62. The predicted octanol–water partition coefficient (Wildman–Crippen LogP) is 1.26. The van der Waals surface area contributed by atoms with Crippen LogP contribution in [-0.2, 0) is 0 Å². The maximum Gasteiger partial charge on any atom is 0.151 e. The average Bonchev–Trinajstić information content (AvgIpc) is 2.56. The van der Waals surface area contributed by atoms with Crippen LogP contribution in [0.5, 0.6) is 0 Å². The highest BCUT2D eigenvalue weighted by molar-refractivity contribution is 5.63. The summed E-state index contributed by atoms with van der Waals surface area (Å²) in [5.74, 6) is 0.857. The molecule has 6 nitrogen and oxygen atoms in total. The van der Waals surface area contributed by atoms with Crippen molar-refractivity contribution in [3.05, 3.63) is 42.4 Å². The molecule has 0 radical (unpaired) electrons. The van der Waals surface area contributed by atoms with Crippen LogP contribution in [-0.4, -0.2) is 36.1 Å². The number of nitrogens with two attached hydrogens (primary N) is 1. The third-order valence-corrected chi connectivity index (χ3v) is 3.62. The topological polar surface area (TPSA) is 82.1 Å². The van der Waals surface area contributed by atoms with Crippen molar-refractivity contribution in [3.63, 3.8) is 0 Å². The van der Waals surface area contributed by atoms with Crippen LogP contribution in [0.1, 0.15) is 5.69 Å². The van der Waals surface area contributed by atoms with Gasteiger partial charge < -0.3 is 15.5 Å². The second-order valence-electron chi connectivity index (χ2n) is 4.90. The lowest BCUT2D eigenvalue weighted by Crippen LogP contribution is -2.47. The summed E-state index contributed by atoms with van der Waals surface area (Å²) in [5.41, 5.74) is 8.17. The molecule has 0 amide bonds. The summed E-state index contributed by atoms with van der Waals surface area (Å²) in [7, 11) is 0. The molecule has 3 rings (SSSR count). The molecule has 1 fully saturated rings. The average molecular weight is 280 g/mol. The molecule has 0 bridgehead atoms. The van der Waals surface area contributed by atoms with E-state index in [0.717, 1.165) is 37.7 Å². The van der Waals surface area contributed by atoms with E-state index in [4.69, 9.17) is 11.0 Å². The minimum Gasteiger partial charge on any atom is -0.396 e. The largest absolute Gasteiger partial charge is 0.396 e.